The molecule has 26 heavy (non-hydrogen) atoms. The lowest BCUT2D eigenvalue weighted by molar-refractivity contribution is 0.0945. The number of rotatable bonds is 5. The van der Waals surface area contributed by atoms with Crippen molar-refractivity contribution in [2.24, 2.45) is 0 Å². The molecule has 7 heteroatoms. The van der Waals surface area contributed by atoms with Gasteiger partial charge in [-0.05, 0) is 49.2 Å². The quantitative estimate of drug-likeness (QED) is 0.716. The van der Waals surface area contributed by atoms with Crippen molar-refractivity contribution < 1.29 is 4.79 Å². The summed E-state index contributed by atoms with van der Waals surface area (Å²) in [5.41, 5.74) is 3.59. The van der Waals surface area contributed by atoms with Crippen LogP contribution in [-0.4, -0.2) is 20.9 Å². The van der Waals surface area contributed by atoms with Gasteiger partial charge in [0.05, 0.1) is 0 Å². The van der Waals surface area contributed by atoms with Crippen LogP contribution in [0.3, 0.4) is 0 Å². The van der Waals surface area contributed by atoms with Crippen molar-refractivity contribution in [1.29, 1.82) is 0 Å². The first-order chi connectivity index (χ1) is 12.5. The Morgan fingerprint density at radius 2 is 2.00 bits per heavy atom. The standard InChI is InChI=1S/C19H18ClN5O/c1-12-9-17(18(26)22-11-14-5-4-8-21-10-14)25-19(23-12)24-16-7-3-6-15(20)13(16)2/h3-10H,11H2,1-2H3,(H,22,26)(H,23,24,25). The van der Waals surface area contributed by atoms with Crippen molar-refractivity contribution >= 4 is 29.1 Å². The van der Waals surface area contributed by atoms with Crippen molar-refractivity contribution in [2.75, 3.05) is 5.32 Å². The Hall–Kier alpha value is -2.99. The second-order valence-corrected chi connectivity index (χ2v) is 6.21. The smallest absolute Gasteiger partial charge is 0.270 e. The molecule has 3 aromatic rings. The maximum absolute atomic E-state index is 12.4. The maximum atomic E-state index is 12.4. The number of hydrogen-bond donors (Lipinski definition) is 2. The lowest BCUT2D eigenvalue weighted by Crippen LogP contribution is -2.24. The van der Waals surface area contributed by atoms with Crippen LogP contribution in [-0.2, 0) is 6.54 Å². The van der Waals surface area contributed by atoms with Crippen molar-refractivity contribution in [2.45, 2.75) is 20.4 Å². The Morgan fingerprint density at radius 1 is 1.15 bits per heavy atom. The van der Waals surface area contributed by atoms with Gasteiger partial charge in [0.1, 0.15) is 5.69 Å². The van der Waals surface area contributed by atoms with Gasteiger partial charge in [-0.3, -0.25) is 9.78 Å². The SMILES string of the molecule is Cc1cc(C(=O)NCc2cccnc2)nc(Nc2cccc(Cl)c2C)n1. The number of nitrogens with zero attached hydrogens (tertiary/aromatic N) is 3. The molecule has 0 aliphatic carbocycles. The molecule has 0 aliphatic rings. The van der Waals surface area contributed by atoms with E-state index in [2.05, 4.69) is 25.6 Å². The molecule has 0 atom stereocenters. The van der Waals surface area contributed by atoms with E-state index in [-0.39, 0.29) is 5.91 Å². The summed E-state index contributed by atoms with van der Waals surface area (Å²) in [6, 6.07) is 10.9. The summed E-state index contributed by atoms with van der Waals surface area (Å²) in [5, 5.41) is 6.61. The first-order valence-corrected chi connectivity index (χ1v) is 8.45. The number of aryl methyl sites for hydroxylation is 1. The second kappa shape index (κ2) is 7.93. The van der Waals surface area contributed by atoms with Crippen LogP contribution in [0.1, 0.15) is 27.3 Å². The summed E-state index contributed by atoms with van der Waals surface area (Å²) in [4.78, 5) is 25.1. The van der Waals surface area contributed by atoms with Crippen LogP contribution < -0.4 is 10.6 Å². The van der Waals surface area contributed by atoms with Crippen LogP contribution in [0.15, 0.2) is 48.8 Å². The zero-order valence-corrected chi connectivity index (χ0v) is 15.2. The molecule has 0 radical (unpaired) electrons. The monoisotopic (exact) mass is 367 g/mol. The molecule has 6 nitrogen and oxygen atoms in total. The summed E-state index contributed by atoms with van der Waals surface area (Å²) in [6.45, 7) is 4.10. The third kappa shape index (κ3) is 4.34. The number of aromatic nitrogens is 3. The number of amides is 1. The summed E-state index contributed by atoms with van der Waals surface area (Å²) in [6.07, 6.45) is 3.40. The molecule has 1 amide bonds. The highest BCUT2D eigenvalue weighted by Gasteiger charge is 2.12. The molecule has 2 N–H and O–H groups in total. The summed E-state index contributed by atoms with van der Waals surface area (Å²) < 4.78 is 0. The number of nitrogens with one attached hydrogen (secondary N) is 2. The van der Waals surface area contributed by atoms with Gasteiger partial charge >= 0.3 is 0 Å². The summed E-state index contributed by atoms with van der Waals surface area (Å²) in [5.74, 6) is 0.0760. The number of halogens is 1. The number of pyridine rings is 1. The maximum Gasteiger partial charge on any atom is 0.270 e. The van der Waals surface area contributed by atoms with Gasteiger partial charge in [-0.25, -0.2) is 9.97 Å². The predicted octanol–water partition coefficient (Wildman–Crippen LogP) is 3.82. The number of benzene rings is 1. The zero-order valence-electron chi connectivity index (χ0n) is 14.5. The predicted molar refractivity (Wildman–Crippen MR) is 102 cm³/mol. The largest absolute Gasteiger partial charge is 0.347 e. The highest BCUT2D eigenvalue weighted by Crippen LogP contribution is 2.25. The van der Waals surface area contributed by atoms with E-state index in [0.29, 0.717) is 28.9 Å². The highest BCUT2D eigenvalue weighted by atomic mass is 35.5. The average molecular weight is 368 g/mol. The Labute approximate surface area is 156 Å². The minimum atomic E-state index is -0.273. The number of hydrogen-bond acceptors (Lipinski definition) is 5. The first kappa shape index (κ1) is 17.8. The van der Waals surface area contributed by atoms with Gasteiger partial charge in [-0.15, -0.1) is 0 Å². The molecule has 1 aromatic carbocycles. The lowest BCUT2D eigenvalue weighted by atomic mass is 10.2. The number of anilines is 2. The van der Waals surface area contributed by atoms with Gasteiger partial charge in [0, 0.05) is 35.3 Å². The van der Waals surface area contributed by atoms with Crippen LogP contribution in [0.5, 0.6) is 0 Å². The molecule has 0 saturated heterocycles. The van der Waals surface area contributed by atoms with Crippen molar-refractivity contribution in [1.82, 2.24) is 20.3 Å². The molecule has 2 aromatic heterocycles. The van der Waals surface area contributed by atoms with Gasteiger partial charge in [-0.2, -0.15) is 0 Å². The lowest BCUT2D eigenvalue weighted by Gasteiger charge is -2.11. The molecule has 2 heterocycles. The molecular weight excluding hydrogens is 350 g/mol. The third-order valence-electron chi connectivity index (χ3n) is 3.78. The fraction of sp³-hybridized carbons (Fsp3) is 0.158. The summed E-state index contributed by atoms with van der Waals surface area (Å²) >= 11 is 6.14. The van der Waals surface area contributed by atoms with Gasteiger partial charge in [0.15, 0.2) is 0 Å². The Kier molecular flexibility index (Phi) is 5.43. The molecule has 132 valence electrons. The third-order valence-corrected chi connectivity index (χ3v) is 4.19. The molecular formula is C19H18ClN5O. The van der Waals surface area contributed by atoms with Crippen LogP contribution in [0.4, 0.5) is 11.6 Å². The number of carbonyl (C=O) groups is 1. The number of carbonyl (C=O) groups excluding carboxylic acids is 1. The van der Waals surface area contributed by atoms with E-state index < -0.39 is 0 Å². The molecule has 0 spiro atoms. The normalized spacial score (nSPS) is 10.4. The molecule has 3 rings (SSSR count). The molecule has 0 unspecified atom stereocenters. The minimum absolute atomic E-state index is 0.273. The van der Waals surface area contributed by atoms with E-state index in [0.717, 1.165) is 16.8 Å². The fourth-order valence-corrected chi connectivity index (χ4v) is 2.55. The van der Waals surface area contributed by atoms with Crippen LogP contribution >= 0.6 is 11.6 Å². The fourth-order valence-electron chi connectivity index (χ4n) is 2.38. The first-order valence-electron chi connectivity index (χ1n) is 8.08. The van der Waals surface area contributed by atoms with Gasteiger partial charge < -0.3 is 10.6 Å². The van der Waals surface area contributed by atoms with E-state index in [9.17, 15) is 4.79 Å². The van der Waals surface area contributed by atoms with Crippen LogP contribution in [0.2, 0.25) is 5.02 Å². The van der Waals surface area contributed by atoms with E-state index in [1.54, 1.807) is 18.5 Å². The van der Waals surface area contributed by atoms with Crippen molar-refractivity contribution in [3.63, 3.8) is 0 Å². The van der Waals surface area contributed by atoms with Crippen LogP contribution in [0.25, 0.3) is 0 Å². The van der Waals surface area contributed by atoms with Gasteiger partial charge in [-0.1, -0.05) is 23.7 Å². The van der Waals surface area contributed by atoms with Gasteiger partial charge in [0.25, 0.3) is 5.91 Å². The zero-order chi connectivity index (χ0) is 18.5. The Balaban J connectivity index is 1.76. The van der Waals surface area contributed by atoms with Crippen molar-refractivity contribution in [3.8, 4) is 0 Å². The minimum Gasteiger partial charge on any atom is -0.347 e. The second-order valence-electron chi connectivity index (χ2n) is 5.80. The average Bonchev–Trinajstić information content (AvgIpc) is 2.64. The van der Waals surface area contributed by atoms with E-state index in [4.69, 9.17) is 11.6 Å². The highest BCUT2D eigenvalue weighted by molar-refractivity contribution is 6.31. The molecule has 0 fully saturated rings. The van der Waals surface area contributed by atoms with E-state index in [1.165, 1.54) is 0 Å². The Morgan fingerprint density at radius 3 is 2.77 bits per heavy atom. The summed E-state index contributed by atoms with van der Waals surface area (Å²) in [7, 11) is 0. The van der Waals surface area contributed by atoms with Crippen LogP contribution in [0, 0.1) is 13.8 Å². The van der Waals surface area contributed by atoms with E-state index >= 15 is 0 Å². The van der Waals surface area contributed by atoms with Gasteiger partial charge in [0.2, 0.25) is 5.95 Å². The Bertz CT molecular complexity index is 930. The molecule has 0 bridgehead atoms. The van der Waals surface area contributed by atoms with Crippen molar-refractivity contribution in [3.05, 3.63) is 76.3 Å². The molecule has 0 aliphatic heterocycles. The topological polar surface area (TPSA) is 79.8 Å². The van der Waals surface area contributed by atoms with E-state index in [1.807, 2.05) is 44.2 Å². The molecule has 0 saturated carbocycles.